The van der Waals surface area contributed by atoms with Crippen molar-refractivity contribution in [2.24, 2.45) is 5.92 Å². The molecule has 2 amide bonds. The van der Waals surface area contributed by atoms with Crippen LogP contribution in [0.2, 0.25) is 0 Å². The van der Waals surface area contributed by atoms with Crippen LogP contribution >= 0.6 is 0 Å². The highest BCUT2D eigenvalue weighted by molar-refractivity contribution is 5.90. The SMILES string of the molecule is C[C@@H]1CCN(C(=O)CCN2C(=O)C=CC2O)C1. The molecule has 0 spiro atoms. The standard InChI is InChI=1S/C12H18N2O3/c1-9-4-6-13(8-9)10(15)5-7-14-11(16)2-3-12(14)17/h2-3,9,11,16H,4-8H2,1H3/t9-,11?/m1/s1. The van der Waals surface area contributed by atoms with Crippen molar-refractivity contribution in [1.29, 1.82) is 0 Å². The molecule has 5 nitrogen and oxygen atoms in total. The summed E-state index contributed by atoms with van der Waals surface area (Å²) in [6.07, 6.45) is 3.25. The quantitative estimate of drug-likeness (QED) is 0.750. The van der Waals surface area contributed by atoms with E-state index in [2.05, 4.69) is 6.92 Å². The molecular formula is C12H18N2O3. The summed E-state index contributed by atoms with van der Waals surface area (Å²) in [7, 11) is 0. The molecule has 1 N–H and O–H groups in total. The Hall–Kier alpha value is -1.36. The zero-order valence-corrected chi connectivity index (χ0v) is 10.0. The number of amides is 2. The van der Waals surface area contributed by atoms with Crippen LogP contribution in [-0.4, -0.2) is 52.6 Å². The molecule has 5 heteroatoms. The highest BCUT2D eigenvalue weighted by Crippen LogP contribution is 2.16. The molecule has 2 rings (SSSR count). The fraction of sp³-hybridized carbons (Fsp3) is 0.667. The number of hydrogen-bond donors (Lipinski definition) is 1. The van der Waals surface area contributed by atoms with Gasteiger partial charge in [0.05, 0.1) is 0 Å². The molecule has 0 aromatic carbocycles. The van der Waals surface area contributed by atoms with E-state index in [0.717, 1.165) is 19.5 Å². The lowest BCUT2D eigenvalue weighted by atomic mass is 10.2. The molecular weight excluding hydrogens is 220 g/mol. The van der Waals surface area contributed by atoms with E-state index < -0.39 is 6.23 Å². The Kier molecular flexibility index (Phi) is 3.47. The first-order valence-electron chi connectivity index (χ1n) is 6.02. The summed E-state index contributed by atoms with van der Waals surface area (Å²) < 4.78 is 0. The third kappa shape index (κ3) is 2.66. The molecule has 2 aliphatic heterocycles. The van der Waals surface area contributed by atoms with E-state index in [-0.39, 0.29) is 24.8 Å². The van der Waals surface area contributed by atoms with Gasteiger partial charge in [0.25, 0.3) is 0 Å². The predicted molar refractivity (Wildman–Crippen MR) is 61.8 cm³/mol. The Balaban J connectivity index is 1.78. The van der Waals surface area contributed by atoms with Crippen molar-refractivity contribution in [3.63, 3.8) is 0 Å². The highest BCUT2D eigenvalue weighted by Gasteiger charge is 2.27. The molecule has 94 valence electrons. The maximum absolute atomic E-state index is 11.8. The van der Waals surface area contributed by atoms with Gasteiger partial charge < -0.3 is 14.9 Å². The molecule has 0 bridgehead atoms. The van der Waals surface area contributed by atoms with Gasteiger partial charge in [-0.25, -0.2) is 0 Å². The second kappa shape index (κ2) is 4.87. The Morgan fingerprint density at radius 1 is 1.59 bits per heavy atom. The minimum atomic E-state index is -0.868. The summed E-state index contributed by atoms with van der Waals surface area (Å²) in [5.41, 5.74) is 0. The zero-order chi connectivity index (χ0) is 12.4. The third-order valence-corrected chi connectivity index (χ3v) is 3.36. The number of rotatable bonds is 3. The number of carbonyl (C=O) groups is 2. The van der Waals surface area contributed by atoms with Gasteiger partial charge in [0.2, 0.25) is 11.8 Å². The number of nitrogens with zero attached hydrogens (tertiary/aromatic N) is 2. The number of hydrogen-bond acceptors (Lipinski definition) is 3. The third-order valence-electron chi connectivity index (χ3n) is 3.36. The zero-order valence-electron chi connectivity index (χ0n) is 10.0. The van der Waals surface area contributed by atoms with Crippen molar-refractivity contribution in [2.75, 3.05) is 19.6 Å². The maximum Gasteiger partial charge on any atom is 0.248 e. The van der Waals surface area contributed by atoms with E-state index >= 15 is 0 Å². The lowest BCUT2D eigenvalue weighted by Gasteiger charge is -2.22. The van der Waals surface area contributed by atoms with Crippen LogP contribution in [-0.2, 0) is 9.59 Å². The van der Waals surface area contributed by atoms with Gasteiger partial charge in [-0.05, 0) is 18.4 Å². The van der Waals surface area contributed by atoms with E-state index in [1.807, 2.05) is 4.90 Å². The van der Waals surface area contributed by atoms with E-state index in [9.17, 15) is 14.7 Å². The maximum atomic E-state index is 11.8. The van der Waals surface area contributed by atoms with Crippen LogP contribution in [0, 0.1) is 5.92 Å². The molecule has 0 saturated carbocycles. The van der Waals surface area contributed by atoms with Crippen molar-refractivity contribution in [1.82, 2.24) is 9.80 Å². The highest BCUT2D eigenvalue weighted by atomic mass is 16.3. The summed E-state index contributed by atoms with van der Waals surface area (Å²) in [6, 6.07) is 0. The van der Waals surface area contributed by atoms with Crippen molar-refractivity contribution in [3.05, 3.63) is 12.2 Å². The van der Waals surface area contributed by atoms with Crippen LogP contribution in [0.25, 0.3) is 0 Å². The lowest BCUT2D eigenvalue weighted by Crippen LogP contribution is -2.38. The van der Waals surface area contributed by atoms with Gasteiger partial charge >= 0.3 is 0 Å². The molecule has 0 aromatic rings. The number of likely N-dealkylation sites (tertiary alicyclic amines) is 1. The summed E-state index contributed by atoms with van der Waals surface area (Å²) in [6.45, 7) is 4.05. The first-order valence-corrected chi connectivity index (χ1v) is 6.02. The fourth-order valence-electron chi connectivity index (χ4n) is 2.28. The summed E-state index contributed by atoms with van der Waals surface area (Å²) in [5.74, 6) is 0.418. The van der Waals surface area contributed by atoms with Crippen LogP contribution in [0.1, 0.15) is 19.8 Å². The molecule has 1 fully saturated rings. The largest absolute Gasteiger partial charge is 0.370 e. The first kappa shape index (κ1) is 12.1. The van der Waals surface area contributed by atoms with E-state index in [4.69, 9.17) is 0 Å². The minimum absolute atomic E-state index is 0.0706. The minimum Gasteiger partial charge on any atom is -0.370 e. The van der Waals surface area contributed by atoms with Crippen LogP contribution in [0.5, 0.6) is 0 Å². The molecule has 0 aromatic heterocycles. The van der Waals surface area contributed by atoms with Gasteiger partial charge in [0, 0.05) is 32.1 Å². The Bertz CT molecular complexity index is 354. The molecule has 2 aliphatic rings. The molecule has 1 saturated heterocycles. The Morgan fingerprint density at radius 3 is 2.88 bits per heavy atom. The molecule has 17 heavy (non-hydrogen) atoms. The van der Waals surface area contributed by atoms with Gasteiger partial charge in [-0.2, -0.15) is 0 Å². The average molecular weight is 238 g/mol. The topological polar surface area (TPSA) is 60.9 Å². The summed E-state index contributed by atoms with van der Waals surface area (Å²) >= 11 is 0. The number of carbonyl (C=O) groups excluding carboxylic acids is 2. The van der Waals surface area contributed by atoms with Crippen LogP contribution in [0.4, 0.5) is 0 Å². The molecule has 1 unspecified atom stereocenters. The number of aliphatic hydroxyl groups is 1. The average Bonchev–Trinajstić information content (AvgIpc) is 2.84. The fourth-order valence-corrected chi connectivity index (χ4v) is 2.28. The summed E-state index contributed by atoms with van der Waals surface area (Å²) in [5, 5.41) is 9.47. The molecule has 0 aliphatic carbocycles. The molecule has 0 radical (unpaired) electrons. The lowest BCUT2D eigenvalue weighted by molar-refractivity contribution is -0.134. The normalized spacial score (nSPS) is 28.2. The first-order chi connectivity index (χ1) is 8.08. The smallest absolute Gasteiger partial charge is 0.248 e. The van der Waals surface area contributed by atoms with Gasteiger partial charge in [0.15, 0.2) is 0 Å². The predicted octanol–water partition coefficient (Wildman–Crippen LogP) is -0.0383. The van der Waals surface area contributed by atoms with Gasteiger partial charge in [-0.15, -0.1) is 0 Å². The molecule has 2 atom stereocenters. The van der Waals surface area contributed by atoms with Crippen LogP contribution in [0.15, 0.2) is 12.2 Å². The molecule has 2 heterocycles. The van der Waals surface area contributed by atoms with Crippen LogP contribution in [0.3, 0.4) is 0 Å². The van der Waals surface area contributed by atoms with E-state index in [1.54, 1.807) is 0 Å². The van der Waals surface area contributed by atoms with E-state index in [1.165, 1.54) is 17.1 Å². The van der Waals surface area contributed by atoms with Crippen molar-refractivity contribution < 1.29 is 14.7 Å². The van der Waals surface area contributed by atoms with E-state index in [0.29, 0.717) is 5.92 Å². The summed E-state index contributed by atoms with van der Waals surface area (Å²) in [4.78, 5) is 26.3. The Labute approximate surface area is 101 Å². The van der Waals surface area contributed by atoms with Crippen molar-refractivity contribution in [2.45, 2.75) is 26.0 Å². The second-order valence-corrected chi connectivity index (χ2v) is 4.79. The number of aliphatic hydroxyl groups excluding tert-OH is 1. The van der Waals surface area contributed by atoms with Gasteiger partial charge in [0.1, 0.15) is 6.23 Å². The van der Waals surface area contributed by atoms with Crippen molar-refractivity contribution in [3.8, 4) is 0 Å². The monoisotopic (exact) mass is 238 g/mol. The Morgan fingerprint density at radius 2 is 2.35 bits per heavy atom. The van der Waals surface area contributed by atoms with Gasteiger partial charge in [-0.1, -0.05) is 6.92 Å². The second-order valence-electron chi connectivity index (χ2n) is 4.79. The van der Waals surface area contributed by atoms with Crippen LogP contribution < -0.4 is 0 Å². The van der Waals surface area contributed by atoms with Gasteiger partial charge in [-0.3, -0.25) is 9.59 Å². The van der Waals surface area contributed by atoms with Crippen molar-refractivity contribution >= 4 is 11.8 Å².